The highest BCUT2D eigenvalue weighted by molar-refractivity contribution is 7.98. The number of benzene rings is 1. The number of carbonyl (C=O) groups excluding carboxylic acids is 1. The van der Waals surface area contributed by atoms with Gasteiger partial charge in [0, 0.05) is 16.7 Å². The van der Waals surface area contributed by atoms with Gasteiger partial charge in [0.1, 0.15) is 0 Å². The molecule has 1 aliphatic heterocycles. The summed E-state index contributed by atoms with van der Waals surface area (Å²) < 4.78 is 24.2. The van der Waals surface area contributed by atoms with Crippen molar-refractivity contribution in [3.63, 3.8) is 0 Å². The Morgan fingerprint density at radius 2 is 2.09 bits per heavy atom. The lowest BCUT2D eigenvalue weighted by Gasteiger charge is -2.28. The number of carbonyl (C=O) groups is 1. The third-order valence-corrected chi connectivity index (χ3v) is 9.16. The summed E-state index contributed by atoms with van der Waals surface area (Å²) in [5.41, 5.74) is 2.45. The molecule has 10 heteroatoms. The predicted molar refractivity (Wildman–Crippen MR) is 129 cm³/mol. The molecule has 2 aromatic heterocycles. The number of rotatable bonds is 7. The Hall–Kier alpha value is -1.94. The molecule has 1 saturated heterocycles. The Kier molecular flexibility index (Phi) is 7.19. The first kappa shape index (κ1) is 23.2. The minimum atomic E-state index is -3.16. The first-order valence-corrected chi connectivity index (χ1v) is 14.1. The molecular formula is C22H22ClN3O3S3. The number of hydrogen-bond acceptors (Lipinski definition) is 7. The molecule has 1 fully saturated rings. The number of sulfone groups is 1. The van der Waals surface area contributed by atoms with Crippen LogP contribution in [0.3, 0.4) is 0 Å². The Bertz CT molecular complexity index is 1220. The highest BCUT2D eigenvalue weighted by atomic mass is 35.5. The maximum absolute atomic E-state index is 13.5. The molecule has 1 aromatic carbocycles. The first-order valence-electron chi connectivity index (χ1n) is 10.1. The number of aryl methyl sites for hydroxylation is 1. The van der Waals surface area contributed by atoms with Crippen LogP contribution >= 0.6 is 34.7 Å². The van der Waals surface area contributed by atoms with Crippen LogP contribution in [0, 0.1) is 6.92 Å². The number of halogens is 1. The highest BCUT2D eigenvalue weighted by Gasteiger charge is 2.36. The lowest BCUT2D eigenvalue weighted by molar-refractivity contribution is 0.0676. The van der Waals surface area contributed by atoms with Crippen LogP contribution in [-0.4, -0.2) is 46.7 Å². The summed E-state index contributed by atoms with van der Waals surface area (Å²) in [6, 6.07) is 11.5. The summed E-state index contributed by atoms with van der Waals surface area (Å²) in [4.78, 5) is 24.8. The zero-order chi connectivity index (χ0) is 22.7. The average molecular weight is 508 g/mol. The van der Waals surface area contributed by atoms with Crippen molar-refractivity contribution in [1.82, 2.24) is 14.9 Å². The molecule has 168 valence electrons. The van der Waals surface area contributed by atoms with Gasteiger partial charge in [-0.1, -0.05) is 53.7 Å². The van der Waals surface area contributed by atoms with Crippen molar-refractivity contribution in [2.75, 3.05) is 11.5 Å². The van der Waals surface area contributed by atoms with E-state index in [2.05, 4.69) is 9.97 Å². The van der Waals surface area contributed by atoms with Gasteiger partial charge < -0.3 is 4.90 Å². The van der Waals surface area contributed by atoms with E-state index in [-0.39, 0.29) is 28.1 Å². The van der Waals surface area contributed by atoms with Crippen molar-refractivity contribution in [3.8, 4) is 0 Å². The molecule has 0 radical (unpaired) electrons. The molecule has 3 heterocycles. The number of aromatic nitrogens is 2. The Morgan fingerprint density at radius 3 is 2.78 bits per heavy atom. The topological polar surface area (TPSA) is 80.2 Å². The van der Waals surface area contributed by atoms with Gasteiger partial charge in [-0.3, -0.25) is 4.79 Å². The van der Waals surface area contributed by atoms with E-state index in [0.717, 1.165) is 4.88 Å². The Balaban J connectivity index is 1.58. The summed E-state index contributed by atoms with van der Waals surface area (Å²) in [7, 11) is -3.16. The Labute approximate surface area is 201 Å². The number of nitrogens with zero attached hydrogens (tertiary/aromatic N) is 3. The minimum Gasteiger partial charge on any atom is -0.328 e. The maximum atomic E-state index is 13.5. The van der Waals surface area contributed by atoms with Crippen LogP contribution in [0.5, 0.6) is 0 Å². The molecule has 1 unspecified atom stereocenters. The molecule has 3 aromatic rings. The smallest absolute Gasteiger partial charge is 0.274 e. The van der Waals surface area contributed by atoms with Crippen molar-refractivity contribution in [2.45, 2.75) is 36.8 Å². The molecule has 0 N–H and O–H groups in total. The summed E-state index contributed by atoms with van der Waals surface area (Å²) in [5.74, 6) is 0.343. The van der Waals surface area contributed by atoms with E-state index >= 15 is 0 Å². The lowest BCUT2D eigenvalue weighted by Crippen LogP contribution is -2.41. The fourth-order valence-electron chi connectivity index (χ4n) is 3.58. The fraction of sp³-hybridized carbons (Fsp3) is 0.318. The van der Waals surface area contributed by atoms with Gasteiger partial charge in [0.05, 0.1) is 29.3 Å². The van der Waals surface area contributed by atoms with Crippen LogP contribution in [0.15, 0.2) is 53.1 Å². The number of thioether (sulfide) groups is 1. The van der Waals surface area contributed by atoms with Crippen molar-refractivity contribution >= 4 is 50.4 Å². The van der Waals surface area contributed by atoms with Crippen LogP contribution in [-0.2, 0) is 22.1 Å². The van der Waals surface area contributed by atoms with Crippen LogP contribution in [0.4, 0.5) is 0 Å². The monoisotopic (exact) mass is 507 g/mol. The SMILES string of the molecule is Cc1ccccc1CSc1ncc(Cl)c(C(=O)N(Cc2cccs2)C2CCS(=O)(=O)C2)n1. The predicted octanol–water partition coefficient (Wildman–Crippen LogP) is 4.62. The molecule has 0 aliphatic carbocycles. The second-order valence-corrected chi connectivity index (χ2v) is 12.2. The maximum Gasteiger partial charge on any atom is 0.274 e. The summed E-state index contributed by atoms with van der Waals surface area (Å²) >= 11 is 9.28. The highest BCUT2D eigenvalue weighted by Crippen LogP contribution is 2.27. The summed E-state index contributed by atoms with van der Waals surface area (Å²) in [5, 5.41) is 2.55. The van der Waals surface area contributed by atoms with Crippen molar-refractivity contribution < 1.29 is 13.2 Å². The third kappa shape index (κ3) is 5.51. The summed E-state index contributed by atoms with van der Waals surface area (Å²) in [6.45, 7) is 2.37. The van der Waals surface area contributed by atoms with Crippen molar-refractivity contribution in [1.29, 1.82) is 0 Å². The van der Waals surface area contributed by atoms with Gasteiger partial charge in [0.2, 0.25) is 0 Å². The normalized spacial score (nSPS) is 17.4. The molecule has 32 heavy (non-hydrogen) atoms. The van der Waals surface area contributed by atoms with E-state index < -0.39 is 15.9 Å². The van der Waals surface area contributed by atoms with E-state index in [9.17, 15) is 13.2 Å². The van der Waals surface area contributed by atoms with Crippen LogP contribution in [0.25, 0.3) is 0 Å². The molecular weight excluding hydrogens is 486 g/mol. The van der Waals surface area contributed by atoms with Crippen LogP contribution < -0.4 is 0 Å². The molecule has 1 atom stereocenters. The van der Waals surface area contributed by atoms with Gasteiger partial charge in [0.15, 0.2) is 20.7 Å². The van der Waals surface area contributed by atoms with E-state index in [0.29, 0.717) is 23.9 Å². The van der Waals surface area contributed by atoms with Crippen molar-refractivity contribution in [2.24, 2.45) is 0 Å². The van der Waals surface area contributed by atoms with E-state index in [1.807, 2.05) is 48.7 Å². The zero-order valence-corrected chi connectivity index (χ0v) is 20.6. The minimum absolute atomic E-state index is 0.0400. The van der Waals surface area contributed by atoms with E-state index in [4.69, 9.17) is 11.6 Å². The molecule has 4 rings (SSSR count). The zero-order valence-electron chi connectivity index (χ0n) is 17.4. The quantitative estimate of drug-likeness (QED) is 0.343. The van der Waals surface area contributed by atoms with Gasteiger partial charge in [-0.05, 0) is 35.9 Å². The molecule has 0 saturated carbocycles. The average Bonchev–Trinajstić information content (AvgIpc) is 3.41. The lowest BCUT2D eigenvalue weighted by atomic mass is 10.1. The summed E-state index contributed by atoms with van der Waals surface area (Å²) in [6.07, 6.45) is 1.85. The fourth-order valence-corrected chi connectivity index (χ4v) is 7.08. The van der Waals surface area contributed by atoms with E-state index in [1.54, 1.807) is 4.90 Å². The standard InChI is InChI=1S/C22H22ClN3O3S3/c1-15-5-2-3-6-16(15)13-31-22-24-11-19(23)20(25-22)21(27)26(12-18-7-4-9-30-18)17-8-10-32(28,29)14-17/h2-7,9,11,17H,8,10,12-14H2,1H3. The van der Waals surface area contributed by atoms with Gasteiger partial charge in [-0.2, -0.15) is 0 Å². The van der Waals surface area contributed by atoms with Gasteiger partial charge in [-0.25, -0.2) is 18.4 Å². The first-order chi connectivity index (χ1) is 15.3. The Morgan fingerprint density at radius 1 is 1.28 bits per heavy atom. The largest absolute Gasteiger partial charge is 0.328 e. The number of thiophene rings is 1. The number of amides is 1. The van der Waals surface area contributed by atoms with Crippen LogP contribution in [0.2, 0.25) is 5.02 Å². The van der Waals surface area contributed by atoms with Crippen molar-refractivity contribution in [3.05, 3.63) is 74.7 Å². The molecule has 0 bridgehead atoms. The molecule has 1 amide bonds. The third-order valence-electron chi connectivity index (χ3n) is 5.36. The molecule has 1 aliphatic rings. The van der Waals surface area contributed by atoms with Gasteiger partial charge in [-0.15, -0.1) is 11.3 Å². The molecule has 6 nitrogen and oxygen atoms in total. The van der Waals surface area contributed by atoms with Gasteiger partial charge >= 0.3 is 0 Å². The second-order valence-electron chi connectivity index (χ2n) is 7.63. The van der Waals surface area contributed by atoms with Crippen LogP contribution in [0.1, 0.15) is 32.9 Å². The van der Waals surface area contributed by atoms with E-state index in [1.165, 1.54) is 40.4 Å². The van der Waals surface area contributed by atoms with Gasteiger partial charge in [0.25, 0.3) is 5.91 Å². The second kappa shape index (κ2) is 9.91. The molecule has 0 spiro atoms. The number of hydrogen-bond donors (Lipinski definition) is 0.